The molecule has 2 aromatic rings. The SMILES string of the molecule is COc1ccc(C(O)=C2C(=O)C(=O)N(CCCN3CCOCC3)[C@]23C(=O)N(C)c2ccccc23)cc1. The average molecular weight is 492 g/mol. The van der Waals surface area contributed by atoms with E-state index in [9.17, 15) is 19.5 Å². The van der Waals surface area contributed by atoms with Crippen molar-refractivity contribution >= 4 is 29.0 Å². The van der Waals surface area contributed by atoms with Crippen molar-refractivity contribution in [1.29, 1.82) is 0 Å². The van der Waals surface area contributed by atoms with E-state index in [2.05, 4.69) is 4.90 Å². The quantitative estimate of drug-likeness (QED) is 0.375. The summed E-state index contributed by atoms with van der Waals surface area (Å²) in [5, 5.41) is 11.4. The number of likely N-dealkylation sites (N-methyl/N-ethyl adjacent to an activating group) is 1. The predicted octanol–water partition coefficient (Wildman–Crippen LogP) is 1.97. The standard InChI is InChI=1S/C27H29N3O6/c1-28-21-7-4-3-6-20(21)27(26(28)34)22(23(31)18-8-10-19(35-2)11-9-18)24(32)25(33)30(27)13-5-12-29-14-16-36-17-15-29/h3-4,6-11,31H,5,12-17H2,1-2H3/t27-/m0/s1. The molecule has 0 unspecified atom stereocenters. The van der Waals surface area contributed by atoms with Gasteiger partial charge in [-0.15, -0.1) is 0 Å². The van der Waals surface area contributed by atoms with Gasteiger partial charge < -0.3 is 24.4 Å². The van der Waals surface area contributed by atoms with E-state index in [-0.39, 0.29) is 17.9 Å². The number of methoxy groups -OCH3 is 1. The molecule has 5 rings (SSSR count). The minimum atomic E-state index is -1.73. The Kier molecular flexibility index (Phi) is 6.27. The number of carbonyl (C=O) groups is 3. The number of rotatable bonds is 6. The normalized spacial score (nSPS) is 23.6. The van der Waals surface area contributed by atoms with E-state index in [0.29, 0.717) is 48.7 Å². The highest BCUT2D eigenvalue weighted by molar-refractivity contribution is 6.50. The van der Waals surface area contributed by atoms with E-state index in [1.165, 1.54) is 16.9 Å². The Hall–Kier alpha value is -3.69. The maximum Gasteiger partial charge on any atom is 0.296 e. The van der Waals surface area contributed by atoms with E-state index in [1.807, 2.05) is 0 Å². The first-order chi connectivity index (χ1) is 17.4. The molecular weight excluding hydrogens is 462 g/mol. The van der Waals surface area contributed by atoms with Crippen molar-refractivity contribution in [2.45, 2.75) is 12.0 Å². The number of carbonyl (C=O) groups excluding carboxylic acids is 3. The van der Waals surface area contributed by atoms with Gasteiger partial charge in [-0.05, 0) is 36.8 Å². The van der Waals surface area contributed by atoms with Crippen LogP contribution in [-0.2, 0) is 24.7 Å². The van der Waals surface area contributed by atoms with Crippen molar-refractivity contribution < 1.29 is 29.0 Å². The molecule has 188 valence electrons. The number of anilines is 1. The molecule has 3 aliphatic rings. The third-order valence-corrected chi connectivity index (χ3v) is 7.26. The van der Waals surface area contributed by atoms with E-state index < -0.39 is 23.1 Å². The lowest BCUT2D eigenvalue weighted by molar-refractivity contribution is -0.143. The fraction of sp³-hybridized carbons (Fsp3) is 0.370. The molecular formula is C27H29N3O6. The van der Waals surface area contributed by atoms with E-state index >= 15 is 0 Å². The maximum absolute atomic E-state index is 14.0. The van der Waals surface area contributed by atoms with Gasteiger partial charge in [-0.25, -0.2) is 0 Å². The Morgan fingerprint density at radius 3 is 2.42 bits per heavy atom. The van der Waals surface area contributed by atoms with Crippen LogP contribution in [0, 0.1) is 0 Å². The van der Waals surface area contributed by atoms with Crippen molar-refractivity contribution in [2.24, 2.45) is 0 Å². The van der Waals surface area contributed by atoms with Gasteiger partial charge in [-0.1, -0.05) is 18.2 Å². The summed E-state index contributed by atoms with van der Waals surface area (Å²) in [6, 6.07) is 13.6. The summed E-state index contributed by atoms with van der Waals surface area (Å²) in [4.78, 5) is 46.0. The number of Topliss-reactive ketones (excluding diaryl/α,β-unsaturated/α-hetero) is 1. The zero-order valence-corrected chi connectivity index (χ0v) is 20.4. The van der Waals surface area contributed by atoms with Crippen LogP contribution >= 0.6 is 0 Å². The minimum absolute atomic E-state index is 0.190. The smallest absolute Gasteiger partial charge is 0.296 e. The van der Waals surface area contributed by atoms with Gasteiger partial charge in [0, 0.05) is 50.0 Å². The summed E-state index contributed by atoms with van der Waals surface area (Å²) in [6.07, 6.45) is 0.566. The van der Waals surface area contributed by atoms with Crippen LogP contribution in [0.4, 0.5) is 5.69 Å². The predicted molar refractivity (Wildman–Crippen MR) is 133 cm³/mol. The number of hydrogen-bond acceptors (Lipinski definition) is 7. The molecule has 36 heavy (non-hydrogen) atoms. The van der Waals surface area contributed by atoms with Gasteiger partial charge in [0.25, 0.3) is 17.6 Å². The second-order valence-corrected chi connectivity index (χ2v) is 9.14. The Labute approximate surface area is 209 Å². The topological polar surface area (TPSA) is 99.6 Å². The van der Waals surface area contributed by atoms with Crippen LogP contribution in [0.3, 0.4) is 0 Å². The van der Waals surface area contributed by atoms with Crippen molar-refractivity contribution in [3.63, 3.8) is 0 Å². The lowest BCUT2D eigenvalue weighted by Crippen LogP contribution is -2.52. The number of amides is 2. The van der Waals surface area contributed by atoms with E-state index in [4.69, 9.17) is 9.47 Å². The number of aliphatic hydroxyl groups is 1. The van der Waals surface area contributed by atoms with Gasteiger partial charge in [0.1, 0.15) is 11.5 Å². The number of hydrogen-bond donors (Lipinski definition) is 1. The van der Waals surface area contributed by atoms with Gasteiger partial charge in [0.05, 0.1) is 25.9 Å². The van der Waals surface area contributed by atoms with Gasteiger partial charge in [-0.2, -0.15) is 0 Å². The summed E-state index contributed by atoms with van der Waals surface area (Å²) in [5.41, 5.74) is -0.498. The van der Waals surface area contributed by atoms with E-state index in [1.54, 1.807) is 55.6 Å². The maximum atomic E-state index is 14.0. The van der Waals surface area contributed by atoms with Gasteiger partial charge in [0.2, 0.25) is 0 Å². The fourth-order valence-corrected chi connectivity index (χ4v) is 5.44. The van der Waals surface area contributed by atoms with Gasteiger partial charge in [0.15, 0.2) is 5.54 Å². The molecule has 2 saturated heterocycles. The zero-order valence-electron chi connectivity index (χ0n) is 20.4. The molecule has 0 aromatic heterocycles. The summed E-state index contributed by atoms with van der Waals surface area (Å²) in [5.74, 6) is -1.90. The highest BCUT2D eigenvalue weighted by Crippen LogP contribution is 2.53. The largest absolute Gasteiger partial charge is 0.507 e. The molecule has 0 saturated carbocycles. The molecule has 2 amide bonds. The molecule has 1 atom stereocenters. The first kappa shape index (κ1) is 24.0. The van der Waals surface area contributed by atoms with Crippen molar-refractivity contribution in [2.75, 3.05) is 58.5 Å². The zero-order chi connectivity index (χ0) is 25.4. The van der Waals surface area contributed by atoms with Crippen LogP contribution in [0.5, 0.6) is 5.75 Å². The third kappa shape index (κ3) is 3.58. The first-order valence-corrected chi connectivity index (χ1v) is 12.0. The van der Waals surface area contributed by atoms with Gasteiger partial charge >= 0.3 is 0 Å². The summed E-state index contributed by atoms with van der Waals surface area (Å²) in [7, 11) is 3.15. The Bertz CT molecular complexity index is 1230. The minimum Gasteiger partial charge on any atom is -0.507 e. The number of nitrogens with zero attached hydrogens (tertiary/aromatic N) is 3. The molecule has 0 aliphatic carbocycles. The second-order valence-electron chi connectivity index (χ2n) is 9.14. The summed E-state index contributed by atoms with van der Waals surface area (Å²) >= 11 is 0. The van der Waals surface area contributed by atoms with Crippen LogP contribution in [0.15, 0.2) is 54.1 Å². The molecule has 2 aromatic carbocycles. The number of para-hydroxylation sites is 1. The Morgan fingerprint density at radius 2 is 1.72 bits per heavy atom. The van der Waals surface area contributed by atoms with Crippen LogP contribution in [0.25, 0.3) is 5.76 Å². The number of morpholine rings is 1. The number of fused-ring (bicyclic) bond motifs is 2. The number of likely N-dealkylation sites (tertiary alicyclic amines) is 1. The Morgan fingerprint density at radius 1 is 1.03 bits per heavy atom. The molecule has 0 radical (unpaired) electrons. The van der Waals surface area contributed by atoms with Crippen molar-refractivity contribution in [3.8, 4) is 5.75 Å². The fourth-order valence-electron chi connectivity index (χ4n) is 5.44. The molecule has 0 bridgehead atoms. The molecule has 3 aliphatic heterocycles. The van der Waals surface area contributed by atoms with Crippen molar-refractivity contribution in [1.82, 2.24) is 9.80 Å². The molecule has 9 heteroatoms. The highest BCUT2D eigenvalue weighted by atomic mass is 16.5. The van der Waals surface area contributed by atoms with E-state index in [0.717, 1.165) is 13.1 Å². The lowest BCUT2D eigenvalue weighted by atomic mass is 9.82. The van der Waals surface area contributed by atoms with Crippen LogP contribution in [-0.4, -0.2) is 86.1 Å². The molecule has 1 spiro atoms. The number of ketones is 1. The molecule has 3 heterocycles. The molecule has 2 fully saturated rings. The Balaban J connectivity index is 1.62. The van der Waals surface area contributed by atoms with Crippen LogP contribution < -0.4 is 9.64 Å². The first-order valence-electron chi connectivity index (χ1n) is 12.0. The number of aliphatic hydroxyl groups excluding tert-OH is 1. The van der Waals surface area contributed by atoms with Crippen LogP contribution in [0.1, 0.15) is 17.5 Å². The number of ether oxygens (including phenoxy) is 2. The highest BCUT2D eigenvalue weighted by Gasteiger charge is 2.66. The lowest BCUT2D eigenvalue weighted by Gasteiger charge is -2.35. The molecule has 1 N–H and O–H groups in total. The third-order valence-electron chi connectivity index (χ3n) is 7.26. The molecule has 9 nitrogen and oxygen atoms in total. The van der Waals surface area contributed by atoms with Gasteiger partial charge in [-0.3, -0.25) is 19.3 Å². The van der Waals surface area contributed by atoms with Crippen LogP contribution in [0.2, 0.25) is 0 Å². The monoisotopic (exact) mass is 491 g/mol. The van der Waals surface area contributed by atoms with Crippen molar-refractivity contribution in [3.05, 3.63) is 65.2 Å². The number of benzene rings is 2. The summed E-state index contributed by atoms with van der Waals surface area (Å²) in [6.45, 7) is 3.80. The summed E-state index contributed by atoms with van der Waals surface area (Å²) < 4.78 is 10.6. The average Bonchev–Trinajstić information content (AvgIpc) is 3.27. The second kappa shape index (κ2) is 9.40.